The molecule has 0 spiro atoms. The molecule has 0 atom stereocenters. The van der Waals surface area contributed by atoms with E-state index < -0.39 is 0 Å². The van der Waals surface area contributed by atoms with E-state index >= 15 is 0 Å². The van der Waals surface area contributed by atoms with Crippen LogP contribution in [0.2, 0.25) is 5.02 Å². The predicted molar refractivity (Wildman–Crippen MR) is 55.1 cm³/mol. The van der Waals surface area contributed by atoms with Gasteiger partial charge in [0, 0.05) is 6.54 Å². The number of halogens is 1. The van der Waals surface area contributed by atoms with Crippen LogP contribution in [-0.4, -0.2) is 22.9 Å². The summed E-state index contributed by atoms with van der Waals surface area (Å²) in [6.07, 6.45) is 2.86. The highest BCUT2D eigenvalue weighted by Crippen LogP contribution is 2.12. The molecule has 1 aromatic heterocycles. The number of nitrogens with one attached hydrogen (secondary N) is 1. The highest BCUT2D eigenvalue weighted by molar-refractivity contribution is 6.31. The summed E-state index contributed by atoms with van der Waals surface area (Å²) in [7, 11) is 0. The molecule has 0 aliphatic carbocycles. The van der Waals surface area contributed by atoms with Gasteiger partial charge in [-0.15, -0.1) is 0 Å². The molecule has 0 saturated carbocycles. The minimum atomic E-state index is 0.746. The first-order valence-corrected chi connectivity index (χ1v) is 5.02. The van der Waals surface area contributed by atoms with Gasteiger partial charge in [0.25, 0.3) is 0 Å². The van der Waals surface area contributed by atoms with Crippen molar-refractivity contribution in [2.24, 2.45) is 0 Å². The minimum absolute atomic E-state index is 0.746. The topological polar surface area (TPSA) is 29.9 Å². The van der Waals surface area contributed by atoms with Gasteiger partial charge in [0.05, 0.1) is 23.5 Å². The maximum atomic E-state index is 5.87. The fourth-order valence-electron chi connectivity index (χ4n) is 1.14. The average molecular weight is 202 g/mol. The van der Waals surface area contributed by atoms with Crippen molar-refractivity contribution in [1.29, 1.82) is 0 Å². The molecule has 0 bridgehead atoms. The van der Waals surface area contributed by atoms with Crippen molar-refractivity contribution in [2.45, 2.75) is 26.8 Å². The first-order chi connectivity index (χ1) is 6.25. The van der Waals surface area contributed by atoms with Gasteiger partial charge in [0.15, 0.2) is 0 Å². The van der Waals surface area contributed by atoms with Gasteiger partial charge in [-0.3, -0.25) is 4.68 Å². The summed E-state index contributed by atoms with van der Waals surface area (Å²) in [5.41, 5.74) is 1.04. The SMILES string of the molecule is CCCNCCn1ncc(Cl)c1C. The molecule has 0 aromatic carbocycles. The van der Waals surface area contributed by atoms with E-state index in [2.05, 4.69) is 17.3 Å². The van der Waals surface area contributed by atoms with Gasteiger partial charge in [-0.2, -0.15) is 5.10 Å². The van der Waals surface area contributed by atoms with Crippen LogP contribution in [0.1, 0.15) is 19.0 Å². The normalized spacial score (nSPS) is 10.7. The van der Waals surface area contributed by atoms with E-state index in [1.54, 1.807) is 6.20 Å². The fraction of sp³-hybridized carbons (Fsp3) is 0.667. The fourth-order valence-corrected chi connectivity index (χ4v) is 1.28. The molecule has 0 radical (unpaired) electrons. The Morgan fingerprint density at radius 3 is 2.85 bits per heavy atom. The van der Waals surface area contributed by atoms with Crippen LogP contribution in [0.15, 0.2) is 6.20 Å². The summed E-state index contributed by atoms with van der Waals surface area (Å²) in [6, 6.07) is 0. The zero-order chi connectivity index (χ0) is 9.68. The summed E-state index contributed by atoms with van der Waals surface area (Å²) < 4.78 is 1.92. The van der Waals surface area contributed by atoms with Crippen LogP contribution < -0.4 is 5.32 Å². The van der Waals surface area contributed by atoms with Crippen molar-refractivity contribution < 1.29 is 0 Å². The highest BCUT2D eigenvalue weighted by Gasteiger charge is 2.01. The lowest BCUT2D eigenvalue weighted by atomic mass is 10.4. The molecule has 0 saturated heterocycles. The molecular formula is C9H16ClN3. The largest absolute Gasteiger partial charge is 0.315 e. The molecule has 1 rings (SSSR count). The highest BCUT2D eigenvalue weighted by atomic mass is 35.5. The molecule has 0 fully saturated rings. The van der Waals surface area contributed by atoms with Gasteiger partial charge in [0.1, 0.15) is 0 Å². The second-order valence-corrected chi connectivity index (χ2v) is 3.46. The lowest BCUT2D eigenvalue weighted by Gasteiger charge is -2.05. The summed E-state index contributed by atoms with van der Waals surface area (Å²) in [5, 5.41) is 8.22. The van der Waals surface area contributed by atoms with E-state index in [9.17, 15) is 0 Å². The third kappa shape index (κ3) is 3.01. The van der Waals surface area contributed by atoms with E-state index in [-0.39, 0.29) is 0 Å². The quantitative estimate of drug-likeness (QED) is 0.737. The van der Waals surface area contributed by atoms with Crippen molar-refractivity contribution in [3.05, 3.63) is 16.9 Å². The lowest BCUT2D eigenvalue weighted by Crippen LogP contribution is -2.21. The van der Waals surface area contributed by atoms with Gasteiger partial charge < -0.3 is 5.32 Å². The molecule has 0 aliphatic rings. The molecule has 1 aromatic rings. The minimum Gasteiger partial charge on any atom is -0.315 e. The van der Waals surface area contributed by atoms with Crippen LogP contribution in [0.4, 0.5) is 0 Å². The van der Waals surface area contributed by atoms with Crippen LogP contribution in [0.5, 0.6) is 0 Å². The summed E-state index contributed by atoms with van der Waals surface area (Å²) in [6.45, 7) is 7.04. The monoisotopic (exact) mass is 201 g/mol. The van der Waals surface area contributed by atoms with Crippen LogP contribution in [-0.2, 0) is 6.54 Å². The summed E-state index contributed by atoms with van der Waals surface area (Å²) >= 11 is 5.87. The van der Waals surface area contributed by atoms with Crippen LogP contribution in [0, 0.1) is 6.92 Å². The Balaban J connectivity index is 2.32. The van der Waals surface area contributed by atoms with Gasteiger partial charge in [-0.25, -0.2) is 0 Å². The lowest BCUT2D eigenvalue weighted by molar-refractivity contribution is 0.544. The van der Waals surface area contributed by atoms with Gasteiger partial charge in [-0.1, -0.05) is 18.5 Å². The third-order valence-corrected chi connectivity index (χ3v) is 2.34. The Bertz CT molecular complexity index is 257. The van der Waals surface area contributed by atoms with Crippen LogP contribution >= 0.6 is 11.6 Å². The number of aromatic nitrogens is 2. The molecule has 0 unspecified atom stereocenters. The molecule has 4 heteroatoms. The Hall–Kier alpha value is -0.540. The van der Waals surface area contributed by atoms with Crippen molar-refractivity contribution in [3.63, 3.8) is 0 Å². The maximum absolute atomic E-state index is 5.87. The smallest absolute Gasteiger partial charge is 0.0814 e. The second-order valence-electron chi connectivity index (χ2n) is 3.05. The molecule has 1 N–H and O–H groups in total. The Kier molecular flexibility index (Phi) is 4.25. The first kappa shape index (κ1) is 10.5. The second kappa shape index (κ2) is 5.25. The number of hydrogen-bond donors (Lipinski definition) is 1. The molecular weight excluding hydrogens is 186 g/mol. The Morgan fingerprint density at radius 2 is 2.31 bits per heavy atom. The van der Waals surface area contributed by atoms with E-state index in [4.69, 9.17) is 11.6 Å². The zero-order valence-corrected chi connectivity index (χ0v) is 8.93. The van der Waals surface area contributed by atoms with Crippen molar-refractivity contribution in [3.8, 4) is 0 Å². The third-order valence-electron chi connectivity index (χ3n) is 1.97. The zero-order valence-electron chi connectivity index (χ0n) is 8.18. The van der Waals surface area contributed by atoms with E-state index in [0.717, 1.165) is 30.4 Å². The van der Waals surface area contributed by atoms with E-state index in [0.29, 0.717) is 0 Å². The van der Waals surface area contributed by atoms with Crippen molar-refractivity contribution in [1.82, 2.24) is 15.1 Å². The molecule has 1 heterocycles. The maximum Gasteiger partial charge on any atom is 0.0814 e. The number of rotatable bonds is 5. The molecule has 13 heavy (non-hydrogen) atoms. The predicted octanol–water partition coefficient (Wildman–Crippen LogP) is 1.84. The standard InChI is InChI=1S/C9H16ClN3/c1-3-4-11-5-6-13-8(2)9(10)7-12-13/h7,11H,3-6H2,1-2H3. The Morgan fingerprint density at radius 1 is 1.54 bits per heavy atom. The Labute approximate surface area is 84.1 Å². The van der Waals surface area contributed by atoms with Gasteiger partial charge >= 0.3 is 0 Å². The molecule has 3 nitrogen and oxygen atoms in total. The molecule has 0 amide bonds. The number of hydrogen-bond acceptors (Lipinski definition) is 2. The number of nitrogens with zero attached hydrogens (tertiary/aromatic N) is 2. The van der Waals surface area contributed by atoms with Crippen LogP contribution in [0.3, 0.4) is 0 Å². The van der Waals surface area contributed by atoms with E-state index in [1.165, 1.54) is 6.42 Å². The summed E-state index contributed by atoms with van der Waals surface area (Å²) in [4.78, 5) is 0. The average Bonchev–Trinajstić information content (AvgIpc) is 2.43. The molecule has 0 aliphatic heterocycles. The first-order valence-electron chi connectivity index (χ1n) is 4.64. The van der Waals surface area contributed by atoms with E-state index in [1.807, 2.05) is 11.6 Å². The van der Waals surface area contributed by atoms with Gasteiger partial charge in [0.2, 0.25) is 0 Å². The molecule has 74 valence electrons. The summed E-state index contributed by atoms with van der Waals surface area (Å²) in [5.74, 6) is 0. The van der Waals surface area contributed by atoms with Crippen LogP contribution in [0.25, 0.3) is 0 Å². The van der Waals surface area contributed by atoms with Crippen molar-refractivity contribution >= 4 is 11.6 Å². The van der Waals surface area contributed by atoms with Crippen molar-refractivity contribution in [2.75, 3.05) is 13.1 Å². The van der Waals surface area contributed by atoms with Gasteiger partial charge in [-0.05, 0) is 19.9 Å².